The van der Waals surface area contributed by atoms with E-state index < -0.39 is 10.0 Å². The minimum atomic E-state index is -3.86. The predicted molar refractivity (Wildman–Crippen MR) is 114 cm³/mol. The molecule has 0 heterocycles. The van der Waals surface area contributed by atoms with Crippen LogP contribution in [0.1, 0.15) is 16.7 Å². The van der Waals surface area contributed by atoms with Gasteiger partial charge in [0.05, 0.1) is 14.2 Å². The van der Waals surface area contributed by atoms with Crippen LogP contribution < -0.4 is 9.47 Å². The SMILES string of the molecule is COc1cc(S(=O)(=O)N(Cc2ccccc2)Cc2ccccc2)c(OC)cc1C. The molecule has 0 amide bonds. The third-order valence-electron chi connectivity index (χ3n) is 4.70. The lowest BCUT2D eigenvalue weighted by Gasteiger charge is -2.24. The van der Waals surface area contributed by atoms with E-state index in [-0.39, 0.29) is 18.0 Å². The summed E-state index contributed by atoms with van der Waals surface area (Å²) < 4.78 is 39.6. The van der Waals surface area contributed by atoms with Crippen molar-refractivity contribution in [2.45, 2.75) is 24.9 Å². The van der Waals surface area contributed by atoms with Crippen LogP contribution in [0, 0.1) is 6.92 Å². The summed E-state index contributed by atoms with van der Waals surface area (Å²) >= 11 is 0. The van der Waals surface area contributed by atoms with Crippen molar-refractivity contribution in [2.24, 2.45) is 0 Å². The lowest BCUT2D eigenvalue weighted by molar-refractivity contribution is 0.376. The first-order valence-electron chi connectivity index (χ1n) is 9.26. The minimum Gasteiger partial charge on any atom is -0.496 e. The molecule has 0 saturated carbocycles. The zero-order chi connectivity index (χ0) is 20.9. The van der Waals surface area contributed by atoms with Gasteiger partial charge in [-0.2, -0.15) is 4.31 Å². The highest BCUT2D eigenvalue weighted by molar-refractivity contribution is 7.89. The zero-order valence-corrected chi connectivity index (χ0v) is 17.6. The molecule has 3 rings (SSSR count). The zero-order valence-electron chi connectivity index (χ0n) is 16.8. The molecule has 6 heteroatoms. The van der Waals surface area contributed by atoms with Crippen molar-refractivity contribution in [1.29, 1.82) is 0 Å². The molecule has 0 atom stereocenters. The number of aryl methyl sites for hydroxylation is 1. The molecule has 0 N–H and O–H groups in total. The molecule has 0 unspecified atom stereocenters. The molecule has 0 aliphatic carbocycles. The summed E-state index contributed by atoms with van der Waals surface area (Å²) in [6, 6.07) is 22.3. The highest BCUT2D eigenvalue weighted by atomic mass is 32.2. The molecule has 0 saturated heterocycles. The van der Waals surface area contributed by atoms with Gasteiger partial charge in [-0.05, 0) is 29.7 Å². The normalized spacial score (nSPS) is 11.4. The molecule has 5 nitrogen and oxygen atoms in total. The Hall–Kier alpha value is -2.83. The van der Waals surface area contributed by atoms with Crippen molar-refractivity contribution in [1.82, 2.24) is 4.31 Å². The number of methoxy groups -OCH3 is 2. The van der Waals surface area contributed by atoms with Crippen LogP contribution in [0.2, 0.25) is 0 Å². The second-order valence-corrected chi connectivity index (χ2v) is 8.62. The highest BCUT2D eigenvalue weighted by Gasteiger charge is 2.29. The Bertz CT molecular complexity index is 1010. The van der Waals surface area contributed by atoms with Crippen molar-refractivity contribution >= 4 is 10.0 Å². The molecule has 0 aromatic heterocycles. The average Bonchev–Trinajstić information content (AvgIpc) is 2.74. The monoisotopic (exact) mass is 411 g/mol. The van der Waals surface area contributed by atoms with Crippen molar-refractivity contribution in [2.75, 3.05) is 14.2 Å². The lowest BCUT2D eigenvalue weighted by Crippen LogP contribution is -2.30. The first-order chi connectivity index (χ1) is 14.0. The standard InChI is InChI=1S/C23H25NO4S/c1-18-14-22(28-3)23(15-21(18)27-2)29(25,26)24(16-19-10-6-4-7-11-19)17-20-12-8-5-9-13-20/h4-15H,16-17H2,1-3H3. The summed E-state index contributed by atoms with van der Waals surface area (Å²) in [5.41, 5.74) is 2.62. The van der Waals surface area contributed by atoms with E-state index in [9.17, 15) is 8.42 Å². The van der Waals surface area contributed by atoms with Gasteiger partial charge in [-0.1, -0.05) is 60.7 Å². The third-order valence-corrected chi connectivity index (χ3v) is 6.52. The molecule has 0 aliphatic heterocycles. The van der Waals surface area contributed by atoms with Gasteiger partial charge in [-0.15, -0.1) is 0 Å². The second kappa shape index (κ2) is 9.11. The van der Waals surface area contributed by atoms with Crippen molar-refractivity contribution in [3.63, 3.8) is 0 Å². The van der Waals surface area contributed by atoms with E-state index >= 15 is 0 Å². The summed E-state index contributed by atoms with van der Waals surface area (Å²) in [6.45, 7) is 2.35. The molecule has 3 aromatic carbocycles. The number of sulfonamides is 1. The maximum Gasteiger partial charge on any atom is 0.247 e. The molecule has 0 fully saturated rings. The van der Waals surface area contributed by atoms with Crippen LogP contribution in [0.4, 0.5) is 0 Å². The van der Waals surface area contributed by atoms with E-state index in [1.54, 1.807) is 6.07 Å². The van der Waals surface area contributed by atoms with E-state index in [0.717, 1.165) is 16.7 Å². The molecule has 29 heavy (non-hydrogen) atoms. The van der Waals surface area contributed by atoms with Crippen LogP contribution in [0.3, 0.4) is 0 Å². The summed E-state index contributed by atoms with van der Waals surface area (Å²) in [7, 11) is -0.865. The summed E-state index contributed by atoms with van der Waals surface area (Å²) in [4.78, 5) is 0.0920. The van der Waals surface area contributed by atoms with Gasteiger partial charge in [0, 0.05) is 19.2 Å². The largest absolute Gasteiger partial charge is 0.496 e. The molecule has 0 spiro atoms. The van der Waals surface area contributed by atoms with Crippen molar-refractivity contribution < 1.29 is 17.9 Å². The van der Waals surface area contributed by atoms with E-state index in [4.69, 9.17) is 9.47 Å². The van der Waals surface area contributed by atoms with E-state index in [0.29, 0.717) is 11.5 Å². The fraction of sp³-hybridized carbons (Fsp3) is 0.217. The molecular weight excluding hydrogens is 386 g/mol. The Morgan fingerprint density at radius 2 is 1.24 bits per heavy atom. The predicted octanol–water partition coefficient (Wildman–Crippen LogP) is 4.40. The lowest BCUT2D eigenvalue weighted by atomic mass is 10.2. The van der Waals surface area contributed by atoms with Crippen LogP contribution in [0.25, 0.3) is 0 Å². The van der Waals surface area contributed by atoms with E-state index in [2.05, 4.69) is 0 Å². The number of ether oxygens (including phenoxy) is 2. The van der Waals surface area contributed by atoms with Crippen LogP contribution in [-0.2, 0) is 23.1 Å². The molecule has 0 aliphatic rings. The van der Waals surface area contributed by atoms with Gasteiger partial charge in [0.1, 0.15) is 16.4 Å². The Balaban J connectivity index is 2.08. The minimum absolute atomic E-state index is 0.0920. The summed E-state index contributed by atoms with van der Waals surface area (Å²) in [5.74, 6) is 0.804. The van der Waals surface area contributed by atoms with Gasteiger partial charge in [0.2, 0.25) is 10.0 Å². The molecule has 3 aromatic rings. The Morgan fingerprint density at radius 3 is 1.69 bits per heavy atom. The second-order valence-electron chi connectivity index (χ2n) is 6.72. The van der Waals surface area contributed by atoms with Crippen molar-refractivity contribution in [3.8, 4) is 11.5 Å². The van der Waals surface area contributed by atoms with Crippen LogP contribution >= 0.6 is 0 Å². The number of hydrogen-bond donors (Lipinski definition) is 0. The Morgan fingerprint density at radius 1 is 0.759 bits per heavy atom. The Kier molecular flexibility index (Phi) is 6.56. The highest BCUT2D eigenvalue weighted by Crippen LogP contribution is 2.34. The van der Waals surface area contributed by atoms with Crippen LogP contribution in [0.5, 0.6) is 11.5 Å². The first-order valence-corrected chi connectivity index (χ1v) is 10.7. The number of rotatable bonds is 8. The van der Waals surface area contributed by atoms with Gasteiger partial charge in [-0.3, -0.25) is 0 Å². The van der Waals surface area contributed by atoms with Gasteiger partial charge in [-0.25, -0.2) is 8.42 Å². The quantitative estimate of drug-likeness (QED) is 0.551. The average molecular weight is 412 g/mol. The van der Waals surface area contributed by atoms with Gasteiger partial charge in [0.25, 0.3) is 0 Å². The van der Waals surface area contributed by atoms with Crippen molar-refractivity contribution in [3.05, 3.63) is 89.5 Å². The van der Waals surface area contributed by atoms with Gasteiger partial charge >= 0.3 is 0 Å². The molecule has 0 bridgehead atoms. The number of benzene rings is 3. The number of hydrogen-bond acceptors (Lipinski definition) is 4. The first kappa shape index (κ1) is 20.9. The maximum absolute atomic E-state index is 13.7. The van der Waals surface area contributed by atoms with E-state index in [1.165, 1.54) is 24.6 Å². The smallest absolute Gasteiger partial charge is 0.247 e. The molecule has 0 radical (unpaired) electrons. The summed E-state index contributed by atoms with van der Waals surface area (Å²) in [6.07, 6.45) is 0. The third kappa shape index (κ3) is 4.78. The fourth-order valence-corrected chi connectivity index (χ4v) is 4.73. The molecular formula is C23H25NO4S. The van der Waals surface area contributed by atoms with Crippen LogP contribution in [0.15, 0.2) is 77.7 Å². The van der Waals surface area contributed by atoms with Crippen LogP contribution in [-0.4, -0.2) is 26.9 Å². The summed E-state index contributed by atoms with van der Waals surface area (Å²) in [5, 5.41) is 0. The topological polar surface area (TPSA) is 55.8 Å². The Labute approximate surface area is 172 Å². The maximum atomic E-state index is 13.7. The molecule has 152 valence electrons. The van der Waals surface area contributed by atoms with Gasteiger partial charge in [0.15, 0.2) is 0 Å². The number of nitrogens with zero attached hydrogens (tertiary/aromatic N) is 1. The van der Waals surface area contributed by atoms with E-state index in [1.807, 2.05) is 67.6 Å². The van der Waals surface area contributed by atoms with Gasteiger partial charge < -0.3 is 9.47 Å². The fourth-order valence-electron chi connectivity index (χ4n) is 3.16.